The number of carbonyl (C=O) groups is 2. The second-order valence-corrected chi connectivity index (χ2v) is 11.9. The molecule has 43 heavy (non-hydrogen) atoms. The number of nitrogens with two attached hydrogens (primary N) is 1. The minimum atomic E-state index is -0.338. The fourth-order valence-electron chi connectivity index (χ4n) is 4.87. The number of aryl methyl sites for hydroxylation is 1. The lowest BCUT2D eigenvalue weighted by Crippen LogP contribution is -2.12. The maximum atomic E-state index is 13.5. The van der Waals surface area contributed by atoms with E-state index in [0.29, 0.717) is 26.6 Å². The van der Waals surface area contributed by atoms with Gasteiger partial charge < -0.3 is 15.8 Å². The number of amides is 1. The highest BCUT2D eigenvalue weighted by atomic mass is 32.1. The molecule has 0 aliphatic heterocycles. The molecule has 212 valence electrons. The summed E-state index contributed by atoms with van der Waals surface area (Å²) in [5, 5.41) is 5.63. The molecule has 0 radical (unpaired) electrons. The zero-order valence-electron chi connectivity index (χ0n) is 23.5. The van der Waals surface area contributed by atoms with Crippen LogP contribution in [0.5, 0.6) is 5.75 Å². The van der Waals surface area contributed by atoms with Gasteiger partial charge in [0.2, 0.25) is 0 Å². The van der Waals surface area contributed by atoms with Crippen LogP contribution in [0.4, 0.5) is 11.4 Å². The Labute approximate surface area is 257 Å². The summed E-state index contributed by atoms with van der Waals surface area (Å²) >= 11 is 2.82. The molecule has 6 nitrogen and oxygen atoms in total. The number of allylic oxidation sites excluding steroid dienone is 1. The number of hydrogen-bond acceptors (Lipinski definition) is 7. The first-order valence-corrected chi connectivity index (χ1v) is 15.2. The summed E-state index contributed by atoms with van der Waals surface area (Å²) < 4.78 is 5.47. The van der Waals surface area contributed by atoms with Crippen LogP contribution in [0.25, 0.3) is 38.7 Å². The maximum absolute atomic E-state index is 13.5. The highest BCUT2D eigenvalue weighted by molar-refractivity contribution is 7.21. The van der Waals surface area contributed by atoms with E-state index >= 15 is 0 Å². The number of carbonyl (C=O) groups excluding carboxylic acids is 2. The average molecular weight is 602 g/mol. The number of pyridine rings is 1. The molecule has 3 aromatic heterocycles. The van der Waals surface area contributed by atoms with Gasteiger partial charge in [-0.15, -0.1) is 22.7 Å². The van der Waals surface area contributed by atoms with Gasteiger partial charge >= 0.3 is 0 Å². The van der Waals surface area contributed by atoms with Gasteiger partial charge in [-0.3, -0.25) is 9.59 Å². The summed E-state index contributed by atoms with van der Waals surface area (Å²) in [6, 6.07) is 28.6. The number of benzene rings is 3. The first kappa shape index (κ1) is 28.1. The van der Waals surface area contributed by atoms with Crippen molar-refractivity contribution in [1.82, 2.24) is 4.98 Å². The number of nitrogens with zero attached hydrogens (tertiary/aromatic N) is 1. The number of anilines is 2. The largest absolute Gasteiger partial charge is 0.496 e. The summed E-state index contributed by atoms with van der Waals surface area (Å²) in [7, 11) is 1.65. The number of fused-ring (bicyclic) bond motifs is 1. The lowest BCUT2D eigenvalue weighted by molar-refractivity contribution is 0.102. The van der Waals surface area contributed by atoms with Crippen LogP contribution >= 0.6 is 22.7 Å². The van der Waals surface area contributed by atoms with Crippen molar-refractivity contribution in [2.45, 2.75) is 6.92 Å². The fraction of sp³-hybridized carbons (Fsp3) is 0.0571. The zero-order chi connectivity index (χ0) is 29.9. The zero-order valence-corrected chi connectivity index (χ0v) is 25.1. The van der Waals surface area contributed by atoms with Crippen molar-refractivity contribution in [3.63, 3.8) is 0 Å². The Morgan fingerprint density at radius 3 is 2.42 bits per heavy atom. The molecule has 0 saturated heterocycles. The van der Waals surface area contributed by atoms with Gasteiger partial charge in [0.25, 0.3) is 5.91 Å². The fourth-order valence-corrected chi connectivity index (χ4v) is 6.50. The van der Waals surface area contributed by atoms with Gasteiger partial charge in [-0.25, -0.2) is 4.98 Å². The molecule has 3 heterocycles. The van der Waals surface area contributed by atoms with E-state index in [-0.39, 0.29) is 11.7 Å². The van der Waals surface area contributed by atoms with Crippen molar-refractivity contribution >= 4 is 62.0 Å². The quantitative estimate of drug-likeness (QED) is 0.134. The van der Waals surface area contributed by atoms with Gasteiger partial charge in [-0.1, -0.05) is 42.5 Å². The Morgan fingerprint density at radius 1 is 0.930 bits per heavy atom. The van der Waals surface area contributed by atoms with Crippen molar-refractivity contribution < 1.29 is 14.3 Å². The van der Waals surface area contributed by atoms with Crippen LogP contribution in [-0.2, 0) is 0 Å². The molecule has 0 unspecified atom stereocenters. The molecule has 0 saturated carbocycles. The first-order valence-electron chi connectivity index (χ1n) is 13.5. The summed E-state index contributed by atoms with van der Waals surface area (Å²) in [6.07, 6.45) is 3.35. The molecular weight excluding hydrogens is 575 g/mol. The first-order chi connectivity index (χ1) is 20.9. The SMILES string of the molecule is COc1ccc(-c2cc(-c3ccccc3)nc3sc(C(=O)Nc4ccc(C(=O)/C=C/c5cccs5)cc4)c(N)c23)cc1C. The summed E-state index contributed by atoms with van der Waals surface area (Å²) in [5.41, 5.74) is 12.7. The van der Waals surface area contributed by atoms with Gasteiger partial charge in [-0.05, 0) is 89.7 Å². The Balaban J connectivity index is 1.33. The average Bonchev–Trinajstić information content (AvgIpc) is 3.68. The molecule has 8 heteroatoms. The number of nitrogen functional groups attached to an aromatic ring is 1. The maximum Gasteiger partial charge on any atom is 0.267 e. The predicted molar refractivity (Wildman–Crippen MR) is 178 cm³/mol. The molecule has 0 aliphatic rings. The molecule has 0 spiro atoms. The number of methoxy groups -OCH3 is 1. The van der Waals surface area contributed by atoms with Crippen molar-refractivity contribution in [1.29, 1.82) is 0 Å². The van der Waals surface area contributed by atoms with Crippen LogP contribution in [-0.4, -0.2) is 23.8 Å². The number of rotatable bonds is 8. The van der Waals surface area contributed by atoms with Gasteiger partial charge in [0.15, 0.2) is 5.78 Å². The molecule has 6 rings (SSSR count). The molecule has 0 fully saturated rings. The molecule has 0 aliphatic carbocycles. The van der Waals surface area contributed by atoms with Crippen molar-refractivity contribution in [3.8, 4) is 28.1 Å². The van der Waals surface area contributed by atoms with Crippen molar-refractivity contribution in [3.05, 3.63) is 123 Å². The number of hydrogen-bond donors (Lipinski definition) is 2. The lowest BCUT2D eigenvalue weighted by atomic mass is 9.98. The Morgan fingerprint density at radius 2 is 1.72 bits per heavy atom. The van der Waals surface area contributed by atoms with Crippen LogP contribution in [0, 0.1) is 6.92 Å². The third-order valence-corrected chi connectivity index (χ3v) is 8.99. The number of ether oxygens (including phenoxy) is 1. The topological polar surface area (TPSA) is 94.3 Å². The smallest absolute Gasteiger partial charge is 0.267 e. The van der Waals surface area contributed by atoms with Crippen LogP contribution < -0.4 is 15.8 Å². The Hall–Kier alpha value is -5.05. The molecule has 3 aromatic carbocycles. The minimum absolute atomic E-state index is 0.110. The third-order valence-electron chi connectivity index (χ3n) is 7.05. The number of thiophene rings is 2. The van der Waals surface area contributed by atoms with E-state index in [1.807, 2.05) is 73.0 Å². The Kier molecular flexibility index (Phi) is 7.87. The van der Waals surface area contributed by atoms with Crippen LogP contribution in [0.3, 0.4) is 0 Å². The van der Waals surface area contributed by atoms with Gasteiger partial charge in [0.05, 0.1) is 18.5 Å². The highest BCUT2D eigenvalue weighted by Gasteiger charge is 2.22. The molecule has 0 bridgehead atoms. The van der Waals surface area contributed by atoms with E-state index in [1.54, 1.807) is 54.9 Å². The van der Waals surface area contributed by atoms with Crippen LogP contribution in [0.1, 0.15) is 30.5 Å². The summed E-state index contributed by atoms with van der Waals surface area (Å²) in [5.74, 6) is 0.346. The number of aromatic nitrogens is 1. The van der Waals surface area contributed by atoms with E-state index in [0.717, 1.165) is 44.0 Å². The van der Waals surface area contributed by atoms with Crippen molar-refractivity contribution in [2.75, 3.05) is 18.2 Å². The molecule has 3 N–H and O–H groups in total. The Bertz CT molecular complexity index is 1980. The lowest BCUT2D eigenvalue weighted by Gasteiger charge is -2.11. The van der Waals surface area contributed by atoms with E-state index in [4.69, 9.17) is 15.5 Å². The summed E-state index contributed by atoms with van der Waals surface area (Å²) in [6.45, 7) is 1.99. The highest BCUT2D eigenvalue weighted by Crippen LogP contribution is 2.42. The molecule has 6 aromatic rings. The predicted octanol–water partition coefficient (Wildman–Crippen LogP) is 8.74. The van der Waals surface area contributed by atoms with E-state index in [9.17, 15) is 9.59 Å². The van der Waals surface area contributed by atoms with Crippen LogP contribution in [0.15, 0.2) is 102 Å². The summed E-state index contributed by atoms with van der Waals surface area (Å²) in [4.78, 5) is 33.0. The van der Waals surface area contributed by atoms with Gasteiger partial charge in [-0.2, -0.15) is 0 Å². The minimum Gasteiger partial charge on any atom is -0.496 e. The van der Waals surface area contributed by atoms with E-state index in [1.165, 1.54) is 11.3 Å². The third kappa shape index (κ3) is 5.83. The normalized spacial score (nSPS) is 11.2. The number of ketones is 1. The standard InChI is InChI=1S/C35H27N3O3S2/c1-21-19-24(12-17-30(21)41-2)27-20-28(22-7-4-3-5-8-22)38-35-31(27)32(36)33(43-35)34(40)37-25-13-10-23(11-14-25)29(39)16-15-26-9-6-18-42-26/h3-20H,36H2,1-2H3,(H,37,40)/b16-15+. The van der Waals surface area contributed by atoms with Gasteiger partial charge in [0, 0.05) is 27.1 Å². The molecule has 1 amide bonds. The van der Waals surface area contributed by atoms with E-state index in [2.05, 4.69) is 11.4 Å². The van der Waals surface area contributed by atoms with Crippen LogP contribution in [0.2, 0.25) is 0 Å². The second kappa shape index (κ2) is 12.1. The number of nitrogens with one attached hydrogen (secondary N) is 1. The van der Waals surface area contributed by atoms with Crippen molar-refractivity contribution in [2.24, 2.45) is 0 Å². The monoisotopic (exact) mass is 601 g/mol. The van der Waals surface area contributed by atoms with E-state index < -0.39 is 0 Å². The molecular formula is C35H27N3O3S2. The second-order valence-electron chi connectivity index (χ2n) is 9.87. The van der Waals surface area contributed by atoms with Gasteiger partial charge in [0.1, 0.15) is 15.5 Å². The molecule has 0 atom stereocenters.